The number of hydrogen-bond donors (Lipinski definition) is 1. The zero-order valence-corrected chi connectivity index (χ0v) is 22.7. The van der Waals surface area contributed by atoms with Crippen LogP contribution in [0.25, 0.3) is 0 Å². The Bertz CT molecular complexity index is 1220. The summed E-state index contributed by atoms with van der Waals surface area (Å²) in [5.74, 6) is -0.699. The first kappa shape index (κ1) is 28.2. The lowest BCUT2D eigenvalue weighted by atomic mass is 10.0. The summed E-state index contributed by atoms with van der Waals surface area (Å²) < 4.78 is 20.5. The van der Waals surface area contributed by atoms with Crippen LogP contribution in [0.5, 0.6) is 5.75 Å². The molecule has 1 unspecified atom stereocenters. The molecule has 0 fully saturated rings. The third-order valence-corrected chi connectivity index (χ3v) is 6.44. The molecule has 196 valence electrons. The molecule has 3 aromatic rings. The second kappa shape index (κ2) is 12.2. The molecule has 0 radical (unpaired) electrons. The maximum atomic E-state index is 14.7. The first-order chi connectivity index (χ1) is 17.4. The molecule has 0 saturated heterocycles. The largest absolute Gasteiger partial charge is 0.484 e. The number of rotatable bonds is 9. The third kappa shape index (κ3) is 8.05. The summed E-state index contributed by atoms with van der Waals surface area (Å²) in [4.78, 5) is 28.6. The van der Waals surface area contributed by atoms with Crippen molar-refractivity contribution in [2.24, 2.45) is 0 Å². The van der Waals surface area contributed by atoms with Gasteiger partial charge in [-0.3, -0.25) is 9.59 Å². The van der Waals surface area contributed by atoms with Crippen molar-refractivity contribution in [3.05, 3.63) is 99.8 Å². The maximum absolute atomic E-state index is 14.7. The predicted molar refractivity (Wildman–Crippen MR) is 145 cm³/mol. The Morgan fingerprint density at radius 3 is 2.19 bits per heavy atom. The van der Waals surface area contributed by atoms with E-state index in [2.05, 4.69) is 5.32 Å². The molecule has 0 aliphatic carbocycles. The third-order valence-electron chi connectivity index (χ3n) is 5.84. The van der Waals surface area contributed by atoms with Crippen LogP contribution in [0.1, 0.15) is 43.0 Å². The average molecular weight is 525 g/mol. The van der Waals surface area contributed by atoms with Crippen LogP contribution in [0.15, 0.2) is 66.7 Å². The molecule has 0 bridgehead atoms. The lowest BCUT2D eigenvalue weighted by molar-refractivity contribution is -0.143. The molecule has 0 saturated carbocycles. The summed E-state index contributed by atoms with van der Waals surface area (Å²) in [6.07, 6.45) is 0.266. The van der Waals surface area contributed by atoms with Crippen molar-refractivity contribution in [2.45, 2.75) is 59.2 Å². The van der Waals surface area contributed by atoms with Crippen LogP contribution in [0.4, 0.5) is 4.39 Å². The summed E-state index contributed by atoms with van der Waals surface area (Å²) in [5.41, 5.74) is 2.34. The summed E-state index contributed by atoms with van der Waals surface area (Å²) >= 11 is 6.26. The number of aryl methyl sites for hydroxylation is 2. The van der Waals surface area contributed by atoms with Gasteiger partial charge in [-0.05, 0) is 69.5 Å². The van der Waals surface area contributed by atoms with E-state index in [0.717, 1.165) is 16.7 Å². The molecule has 0 aliphatic rings. The number of carbonyl (C=O) groups is 2. The minimum Gasteiger partial charge on any atom is -0.484 e. The normalized spacial score (nSPS) is 12.1. The van der Waals surface area contributed by atoms with Crippen molar-refractivity contribution in [1.82, 2.24) is 10.2 Å². The van der Waals surface area contributed by atoms with Gasteiger partial charge in [-0.15, -0.1) is 0 Å². The summed E-state index contributed by atoms with van der Waals surface area (Å²) in [6.45, 7) is 8.96. The van der Waals surface area contributed by atoms with Crippen LogP contribution in [-0.2, 0) is 22.6 Å². The molecular formula is C30H34ClFN2O3. The fourth-order valence-corrected chi connectivity index (χ4v) is 4.14. The molecule has 0 aromatic heterocycles. The molecule has 2 amide bonds. The smallest absolute Gasteiger partial charge is 0.261 e. The van der Waals surface area contributed by atoms with Crippen LogP contribution < -0.4 is 10.1 Å². The van der Waals surface area contributed by atoms with Gasteiger partial charge in [-0.1, -0.05) is 60.1 Å². The van der Waals surface area contributed by atoms with Crippen LogP contribution in [0.2, 0.25) is 5.02 Å². The number of carbonyl (C=O) groups excluding carboxylic acids is 2. The van der Waals surface area contributed by atoms with Crippen LogP contribution in [0.3, 0.4) is 0 Å². The van der Waals surface area contributed by atoms with Crippen LogP contribution >= 0.6 is 11.6 Å². The lowest BCUT2D eigenvalue weighted by Crippen LogP contribution is -2.55. The highest BCUT2D eigenvalue weighted by molar-refractivity contribution is 6.32. The van der Waals surface area contributed by atoms with Gasteiger partial charge in [-0.25, -0.2) is 4.39 Å². The molecule has 1 atom stereocenters. The second-order valence-electron chi connectivity index (χ2n) is 10.2. The molecule has 1 N–H and O–H groups in total. The standard InChI is InChI=1S/C30H34ClFN2O3/c1-20-15-24(16-21(2)28(20)31)37-19-27(35)34(18-23-13-9-10-14-25(23)32)26(29(36)33-30(3,4)5)17-22-11-7-6-8-12-22/h6-16,26H,17-19H2,1-5H3,(H,33,36). The van der Waals surface area contributed by atoms with Gasteiger partial charge >= 0.3 is 0 Å². The van der Waals surface area contributed by atoms with Crippen LogP contribution in [0, 0.1) is 19.7 Å². The van der Waals surface area contributed by atoms with Gasteiger partial charge in [0.2, 0.25) is 5.91 Å². The number of benzene rings is 3. The summed E-state index contributed by atoms with van der Waals surface area (Å²) in [5, 5.41) is 3.63. The second-order valence-corrected chi connectivity index (χ2v) is 10.6. The number of ether oxygens (including phenoxy) is 1. The Kier molecular flexibility index (Phi) is 9.33. The van der Waals surface area contributed by atoms with Crippen molar-refractivity contribution in [3.8, 4) is 5.75 Å². The average Bonchev–Trinajstić information content (AvgIpc) is 2.83. The monoisotopic (exact) mass is 524 g/mol. The van der Waals surface area contributed by atoms with E-state index in [-0.39, 0.29) is 25.5 Å². The lowest BCUT2D eigenvalue weighted by Gasteiger charge is -2.33. The molecular weight excluding hydrogens is 491 g/mol. The van der Waals surface area contributed by atoms with E-state index in [9.17, 15) is 14.0 Å². The molecule has 7 heteroatoms. The highest BCUT2D eigenvalue weighted by Crippen LogP contribution is 2.26. The SMILES string of the molecule is Cc1cc(OCC(=O)N(Cc2ccccc2F)C(Cc2ccccc2)C(=O)NC(C)(C)C)cc(C)c1Cl. The van der Waals surface area contributed by atoms with E-state index in [4.69, 9.17) is 16.3 Å². The molecule has 37 heavy (non-hydrogen) atoms. The Labute approximate surface area is 223 Å². The zero-order valence-electron chi connectivity index (χ0n) is 22.0. The quantitative estimate of drug-likeness (QED) is 0.372. The van der Waals surface area contributed by atoms with E-state index >= 15 is 0 Å². The van der Waals surface area contributed by atoms with E-state index in [0.29, 0.717) is 16.3 Å². The van der Waals surface area contributed by atoms with Gasteiger partial charge in [0.15, 0.2) is 6.61 Å². The van der Waals surface area contributed by atoms with Gasteiger partial charge in [0.05, 0.1) is 0 Å². The van der Waals surface area contributed by atoms with Gasteiger partial charge in [0, 0.05) is 29.1 Å². The van der Waals surface area contributed by atoms with Crippen LogP contribution in [-0.4, -0.2) is 34.9 Å². The number of hydrogen-bond acceptors (Lipinski definition) is 3. The fraction of sp³-hybridized carbons (Fsp3) is 0.333. The Morgan fingerprint density at radius 1 is 1.00 bits per heavy atom. The molecule has 0 spiro atoms. The maximum Gasteiger partial charge on any atom is 0.261 e. The van der Waals surface area contributed by atoms with Crippen molar-refractivity contribution in [2.75, 3.05) is 6.61 Å². The number of halogens is 2. The van der Waals surface area contributed by atoms with E-state index in [1.165, 1.54) is 11.0 Å². The highest BCUT2D eigenvalue weighted by atomic mass is 35.5. The Balaban J connectivity index is 1.95. The van der Waals surface area contributed by atoms with E-state index in [1.807, 2.05) is 65.0 Å². The minimum absolute atomic E-state index is 0.0808. The van der Waals surface area contributed by atoms with Crippen molar-refractivity contribution >= 4 is 23.4 Å². The van der Waals surface area contributed by atoms with Gasteiger partial charge in [-0.2, -0.15) is 0 Å². The molecule has 5 nitrogen and oxygen atoms in total. The number of nitrogens with one attached hydrogen (secondary N) is 1. The van der Waals surface area contributed by atoms with Crippen molar-refractivity contribution in [3.63, 3.8) is 0 Å². The molecule has 0 aliphatic heterocycles. The van der Waals surface area contributed by atoms with Crippen molar-refractivity contribution < 1.29 is 18.7 Å². The topological polar surface area (TPSA) is 58.6 Å². The van der Waals surface area contributed by atoms with Gasteiger partial charge < -0.3 is 15.0 Å². The summed E-state index contributed by atoms with van der Waals surface area (Å²) in [6, 6.07) is 18.3. The number of nitrogens with zero attached hydrogens (tertiary/aromatic N) is 1. The Morgan fingerprint density at radius 2 is 1.59 bits per heavy atom. The minimum atomic E-state index is -0.883. The van der Waals surface area contributed by atoms with Gasteiger partial charge in [0.25, 0.3) is 5.91 Å². The van der Waals surface area contributed by atoms with Crippen molar-refractivity contribution in [1.29, 1.82) is 0 Å². The van der Waals surface area contributed by atoms with E-state index in [1.54, 1.807) is 30.3 Å². The zero-order chi connectivity index (χ0) is 27.2. The highest BCUT2D eigenvalue weighted by Gasteiger charge is 2.33. The fourth-order valence-electron chi connectivity index (χ4n) is 4.03. The molecule has 3 rings (SSSR count). The Hall–Kier alpha value is -3.38. The molecule has 0 heterocycles. The predicted octanol–water partition coefficient (Wildman–Crippen LogP) is 6.03. The summed E-state index contributed by atoms with van der Waals surface area (Å²) in [7, 11) is 0. The van der Waals surface area contributed by atoms with E-state index < -0.39 is 23.3 Å². The van der Waals surface area contributed by atoms with Gasteiger partial charge in [0.1, 0.15) is 17.6 Å². The first-order valence-electron chi connectivity index (χ1n) is 12.2. The number of amides is 2. The molecule has 3 aromatic carbocycles. The first-order valence-corrected chi connectivity index (χ1v) is 12.6.